The minimum atomic E-state index is -2.65. The molecule has 1 N–H and O–H groups in total. The Balaban J connectivity index is 2.54. The molecule has 0 aliphatic rings. The van der Waals surface area contributed by atoms with E-state index in [9.17, 15) is 4.57 Å². The number of nitrogens with one attached hydrogen (secondary N) is 1. The first-order valence-electron chi connectivity index (χ1n) is 5.17. The zero-order valence-corrected chi connectivity index (χ0v) is 10.0. The summed E-state index contributed by atoms with van der Waals surface area (Å²) in [5.41, 5.74) is 0. The molecule has 0 heterocycles. The summed E-state index contributed by atoms with van der Waals surface area (Å²) in [5, 5.41) is 4.64. The fourth-order valence-corrected chi connectivity index (χ4v) is 3.68. The molecule has 0 unspecified atom stereocenters. The van der Waals surface area contributed by atoms with Crippen LogP contribution in [-0.4, -0.2) is 7.05 Å². The highest BCUT2D eigenvalue weighted by Gasteiger charge is 2.24. The minimum Gasteiger partial charge on any atom is -0.297 e. The maximum absolute atomic E-state index is 12.9. The molecule has 0 amide bonds. The zero-order valence-electron chi connectivity index (χ0n) is 9.13. The van der Waals surface area contributed by atoms with Crippen LogP contribution < -0.4 is 15.7 Å². The summed E-state index contributed by atoms with van der Waals surface area (Å²) in [6.07, 6.45) is 0. The Morgan fingerprint density at radius 1 is 0.812 bits per heavy atom. The molecule has 0 saturated heterocycles. The van der Waals surface area contributed by atoms with Crippen LogP contribution in [0.2, 0.25) is 0 Å². The molecule has 0 saturated carbocycles. The van der Waals surface area contributed by atoms with Gasteiger partial charge in [0, 0.05) is 10.6 Å². The van der Waals surface area contributed by atoms with Crippen LogP contribution in [0.1, 0.15) is 0 Å². The average molecular weight is 231 g/mol. The van der Waals surface area contributed by atoms with Crippen LogP contribution in [0.15, 0.2) is 60.7 Å². The minimum absolute atomic E-state index is 0.837. The molecule has 2 aromatic rings. The summed E-state index contributed by atoms with van der Waals surface area (Å²) < 4.78 is 12.9. The van der Waals surface area contributed by atoms with Gasteiger partial charge in [0.05, 0.1) is 0 Å². The lowest BCUT2D eigenvalue weighted by molar-refractivity contribution is 0.582. The lowest BCUT2D eigenvalue weighted by Crippen LogP contribution is -2.24. The second kappa shape index (κ2) is 4.65. The molecule has 16 heavy (non-hydrogen) atoms. The van der Waals surface area contributed by atoms with Gasteiger partial charge >= 0.3 is 0 Å². The Morgan fingerprint density at radius 2 is 1.19 bits per heavy atom. The SMILES string of the molecule is CNP(=O)(c1ccccc1)c1ccccc1. The lowest BCUT2D eigenvalue weighted by atomic mass is 10.4. The number of hydrogen-bond acceptors (Lipinski definition) is 1. The number of hydrogen-bond donors (Lipinski definition) is 1. The zero-order chi connectivity index (χ0) is 11.4. The van der Waals surface area contributed by atoms with E-state index in [-0.39, 0.29) is 0 Å². The third-order valence-corrected chi connectivity index (χ3v) is 5.24. The van der Waals surface area contributed by atoms with Gasteiger partial charge < -0.3 is 0 Å². The van der Waals surface area contributed by atoms with Gasteiger partial charge in [0.25, 0.3) is 0 Å². The van der Waals surface area contributed by atoms with E-state index in [0.29, 0.717) is 0 Å². The van der Waals surface area contributed by atoms with Crippen molar-refractivity contribution in [3.63, 3.8) is 0 Å². The van der Waals surface area contributed by atoms with Crippen molar-refractivity contribution in [3.8, 4) is 0 Å². The molecule has 3 heteroatoms. The van der Waals surface area contributed by atoms with Crippen LogP contribution in [0, 0.1) is 0 Å². The summed E-state index contributed by atoms with van der Waals surface area (Å²) in [5.74, 6) is 0. The fraction of sp³-hybridized carbons (Fsp3) is 0.0769. The first kappa shape index (κ1) is 11.1. The average Bonchev–Trinajstić information content (AvgIpc) is 2.40. The second-order valence-corrected chi connectivity index (χ2v) is 6.20. The van der Waals surface area contributed by atoms with Crippen LogP contribution in [0.4, 0.5) is 0 Å². The molecule has 0 aliphatic heterocycles. The molecule has 0 fully saturated rings. The van der Waals surface area contributed by atoms with E-state index >= 15 is 0 Å². The van der Waals surface area contributed by atoms with E-state index in [1.54, 1.807) is 7.05 Å². The van der Waals surface area contributed by atoms with Gasteiger partial charge in [-0.05, 0) is 31.3 Å². The van der Waals surface area contributed by atoms with Gasteiger partial charge in [-0.1, -0.05) is 36.4 Å². The van der Waals surface area contributed by atoms with Crippen molar-refractivity contribution in [2.24, 2.45) is 0 Å². The van der Waals surface area contributed by atoms with E-state index in [1.807, 2.05) is 60.7 Å². The molecular formula is C13H14NOP. The second-order valence-electron chi connectivity index (χ2n) is 3.50. The van der Waals surface area contributed by atoms with E-state index in [4.69, 9.17) is 0 Å². The first-order valence-corrected chi connectivity index (χ1v) is 6.88. The van der Waals surface area contributed by atoms with Gasteiger partial charge in [0.2, 0.25) is 7.29 Å². The van der Waals surface area contributed by atoms with Crippen LogP contribution in [0.3, 0.4) is 0 Å². The standard InChI is InChI=1S/C13H14NOP/c1-14-16(15,12-8-4-2-5-9-12)13-10-6-3-7-11-13/h2-11H,1H3,(H,14,15). The predicted octanol–water partition coefficient (Wildman–Crippen LogP) is 2.13. The highest BCUT2D eigenvalue weighted by atomic mass is 31.2. The third-order valence-electron chi connectivity index (χ3n) is 2.55. The molecule has 0 bridgehead atoms. The summed E-state index contributed by atoms with van der Waals surface area (Å²) in [6, 6.07) is 19.0. The van der Waals surface area contributed by atoms with Crippen LogP contribution in [0.5, 0.6) is 0 Å². The molecular weight excluding hydrogens is 217 g/mol. The highest BCUT2D eigenvalue weighted by molar-refractivity contribution is 7.76. The first-order chi connectivity index (χ1) is 7.77. The molecule has 2 aromatic carbocycles. The molecule has 0 aliphatic carbocycles. The molecule has 0 aromatic heterocycles. The van der Waals surface area contributed by atoms with Crippen LogP contribution in [0.25, 0.3) is 0 Å². The van der Waals surface area contributed by atoms with Crippen molar-refractivity contribution >= 4 is 17.9 Å². The predicted molar refractivity (Wildman–Crippen MR) is 68.8 cm³/mol. The van der Waals surface area contributed by atoms with Crippen LogP contribution in [-0.2, 0) is 4.57 Å². The van der Waals surface area contributed by atoms with Crippen molar-refractivity contribution in [2.75, 3.05) is 7.05 Å². The van der Waals surface area contributed by atoms with Gasteiger partial charge in [-0.2, -0.15) is 0 Å². The summed E-state index contributed by atoms with van der Waals surface area (Å²) in [6.45, 7) is 0. The fourth-order valence-electron chi connectivity index (χ4n) is 1.68. The molecule has 2 rings (SSSR count). The van der Waals surface area contributed by atoms with Crippen LogP contribution >= 0.6 is 7.29 Å². The summed E-state index contributed by atoms with van der Waals surface area (Å²) in [7, 11) is -0.918. The van der Waals surface area contributed by atoms with E-state index in [1.165, 1.54) is 0 Å². The van der Waals surface area contributed by atoms with Gasteiger partial charge in [-0.25, -0.2) is 0 Å². The van der Waals surface area contributed by atoms with Gasteiger partial charge in [0.1, 0.15) is 0 Å². The molecule has 0 radical (unpaired) electrons. The number of benzene rings is 2. The molecule has 2 nitrogen and oxygen atoms in total. The molecule has 0 atom stereocenters. The molecule has 82 valence electrons. The Hall–Kier alpha value is -1.37. The van der Waals surface area contributed by atoms with Gasteiger partial charge in [-0.15, -0.1) is 0 Å². The summed E-state index contributed by atoms with van der Waals surface area (Å²) in [4.78, 5) is 0. The van der Waals surface area contributed by atoms with Gasteiger partial charge in [-0.3, -0.25) is 9.65 Å². The monoisotopic (exact) mass is 231 g/mol. The molecule has 0 spiro atoms. The maximum atomic E-state index is 12.9. The van der Waals surface area contributed by atoms with E-state index < -0.39 is 7.29 Å². The van der Waals surface area contributed by atoms with Crippen molar-refractivity contribution in [1.29, 1.82) is 0 Å². The normalized spacial score (nSPS) is 11.3. The Kier molecular flexibility index (Phi) is 3.23. The lowest BCUT2D eigenvalue weighted by Gasteiger charge is -2.17. The van der Waals surface area contributed by atoms with Crippen molar-refractivity contribution in [2.45, 2.75) is 0 Å². The number of rotatable bonds is 3. The Labute approximate surface area is 95.7 Å². The van der Waals surface area contributed by atoms with Crippen molar-refractivity contribution in [3.05, 3.63) is 60.7 Å². The smallest absolute Gasteiger partial charge is 0.204 e. The maximum Gasteiger partial charge on any atom is 0.204 e. The van der Waals surface area contributed by atoms with E-state index in [2.05, 4.69) is 5.09 Å². The van der Waals surface area contributed by atoms with Crippen molar-refractivity contribution in [1.82, 2.24) is 5.09 Å². The van der Waals surface area contributed by atoms with E-state index in [0.717, 1.165) is 10.6 Å². The Bertz CT molecular complexity index is 452. The van der Waals surface area contributed by atoms with Gasteiger partial charge in [0.15, 0.2) is 0 Å². The Morgan fingerprint density at radius 3 is 1.50 bits per heavy atom. The quantitative estimate of drug-likeness (QED) is 0.820. The summed E-state index contributed by atoms with van der Waals surface area (Å²) >= 11 is 0. The largest absolute Gasteiger partial charge is 0.297 e. The topological polar surface area (TPSA) is 29.1 Å². The third kappa shape index (κ3) is 1.95. The highest BCUT2D eigenvalue weighted by Crippen LogP contribution is 2.37. The van der Waals surface area contributed by atoms with Crippen molar-refractivity contribution < 1.29 is 4.57 Å².